The maximum absolute atomic E-state index is 2.34. The molecule has 0 nitrogen and oxygen atoms in total. The van der Waals surface area contributed by atoms with Gasteiger partial charge in [0.1, 0.15) is 0 Å². The number of hydrogen-bond acceptors (Lipinski definition) is 0. The molecule has 0 spiro atoms. The normalized spacial score (nSPS) is 32.5. The van der Waals surface area contributed by atoms with Gasteiger partial charge in [0, 0.05) is 0 Å². The second-order valence-electron chi connectivity index (χ2n) is 6.70. The number of hydrogen-bond donors (Lipinski definition) is 0. The van der Waals surface area contributed by atoms with E-state index < -0.39 is 0 Å². The Bertz CT molecular complexity index is 216. The molecule has 0 heteroatoms. The van der Waals surface area contributed by atoms with Gasteiger partial charge in [0.25, 0.3) is 0 Å². The van der Waals surface area contributed by atoms with Crippen molar-refractivity contribution in [1.29, 1.82) is 0 Å². The second-order valence-corrected chi connectivity index (χ2v) is 6.70. The van der Waals surface area contributed by atoms with E-state index in [0.717, 1.165) is 17.3 Å². The predicted molar refractivity (Wildman–Crippen MR) is 76.2 cm³/mol. The molecule has 0 amide bonds. The molecule has 0 saturated heterocycles. The van der Waals surface area contributed by atoms with E-state index in [9.17, 15) is 0 Å². The highest BCUT2D eigenvalue weighted by Gasteiger charge is 2.54. The first-order chi connectivity index (χ1) is 8.33. The Labute approximate surface area is 109 Å². The zero-order chi connectivity index (χ0) is 12.1. The summed E-state index contributed by atoms with van der Waals surface area (Å²) in [6.07, 6.45) is 18.1. The minimum absolute atomic E-state index is 0.850. The van der Waals surface area contributed by atoms with Crippen LogP contribution >= 0.6 is 0 Å². The van der Waals surface area contributed by atoms with E-state index in [4.69, 9.17) is 0 Å². The van der Waals surface area contributed by atoms with Crippen LogP contribution in [0.3, 0.4) is 0 Å². The third-order valence-corrected chi connectivity index (χ3v) is 5.56. The first-order valence-corrected chi connectivity index (χ1v) is 8.33. The summed E-state index contributed by atoms with van der Waals surface area (Å²) in [7, 11) is 0. The van der Waals surface area contributed by atoms with Gasteiger partial charge in [-0.25, -0.2) is 0 Å². The Morgan fingerprint density at radius 1 is 0.882 bits per heavy atom. The van der Waals surface area contributed by atoms with E-state index in [1.165, 1.54) is 38.5 Å². The van der Waals surface area contributed by atoms with Crippen molar-refractivity contribution in [3.63, 3.8) is 0 Å². The Morgan fingerprint density at radius 3 is 2.12 bits per heavy atom. The van der Waals surface area contributed by atoms with Gasteiger partial charge in [0.05, 0.1) is 0 Å². The maximum Gasteiger partial charge on any atom is -0.0241 e. The molecule has 2 rings (SSSR count). The SMILES string of the molecule is CCCCCC1CCC1(CCCCC)C1CC1. The van der Waals surface area contributed by atoms with Gasteiger partial charge in [-0.2, -0.15) is 0 Å². The summed E-state index contributed by atoms with van der Waals surface area (Å²) in [5, 5.41) is 0. The third kappa shape index (κ3) is 3.06. The molecule has 2 saturated carbocycles. The Kier molecular flexibility index (Phi) is 4.94. The lowest BCUT2D eigenvalue weighted by molar-refractivity contribution is -0.0135. The highest BCUT2D eigenvalue weighted by atomic mass is 14.6. The fourth-order valence-electron chi connectivity index (χ4n) is 4.22. The van der Waals surface area contributed by atoms with Gasteiger partial charge >= 0.3 is 0 Å². The monoisotopic (exact) mass is 236 g/mol. The topological polar surface area (TPSA) is 0 Å². The van der Waals surface area contributed by atoms with E-state index in [0.29, 0.717) is 0 Å². The zero-order valence-electron chi connectivity index (χ0n) is 12.1. The summed E-state index contributed by atoms with van der Waals surface area (Å²) in [4.78, 5) is 0. The Hall–Kier alpha value is 0. The van der Waals surface area contributed by atoms with E-state index >= 15 is 0 Å². The number of unbranched alkanes of at least 4 members (excludes halogenated alkanes) is 4. The van der Waals surface area contributed by atoms with Crippen molar-refractivity contribution in [3.05, 3.63) is 0 Å². The molecule has 17 heavy (non-hydrogen) atoms. The minimum atomic E-state index is 0.850. The molecule has 0 aromatic heterocycles. The van der Waals surface area contributed by atoms with Crippen molar-refractivity contribution in [2.75, 3.05) is 0 Å². The molecule has 2 fully saturated rings. The summed E-state index contributed by atoms with van der Waals surface area (Å²) in [5.41, 5.74) is 0.850. The zero-order valence-corrected chi connectivity index (χ0v) is 12.1. The van der Waals surface area contributed by atoms with E-state index in [1.54, 1.807) is 38.5 Å². The van der Waals surface area contributed by atoms with E-state index in [2.05, 4.69) is 13.8 Å². The van der Waals surface area contributed by atoms with Crippen LogP contribution in [0.25, 0.3) is 0 Å². The predicted octanol–water partition coefficient (Wildman–Crippen LogP) is 5.95. The summed E-state index contributed by atoms with van der Waals surface area (Å²) in [5.74, 6) is 2.28. The molecule has 100 valence electrons. The second kappa shape index (κ2) is 6.25. The first-order valence-electron chi connectivity index (χ1n) is 8.33. The molecule has 0 N–H and O–H groups in total. The molecule has 2 atom stereocenters. The Balaban J connectivity index is 1.79. The van der Waals surface area contributed by atoms with Crippen LogP contribution in [-0.2, 0) is 0 Å². The van der Waals surface area contributed by atoms with Crippen LogP contribution in [0.15, 0.2) is 0 Å². The van der Waals surface area contributed by atoms with Gasteiger partial charge < -0.3 is 0 Å². The van der Waals surface area contributed by atoms with Crippen molar-refractivity contribution >= 4 is 0 Å². The highest BCUT2D eigenvalue weighted by Crippen LogP contribution is 2.64. The van der Waals surface area contributed by atoms with Crippen molar-refractivity contribution in [2.24, 2.45) is 17.3 Å². The fraction of sp³-hybridized carbons (Fsp3) is 1.00. The number of rotatable bonds is 9. The molecule has 2 unspecified atom stereocenters. The van der Waals surface area contributed by atoms with Gasteiger partial charge in [0.2, 0.25) is 0 Å². The van der Waals surface area contributed by atoms with Crippen molar-refractivity contribution in [3.8, 4) is 0 Å². The molecule has 0 heterocycles. The van der Waals surface area contributed by atoms with Crippen molar-refractivity contribution in [1.82, 2.24) is 0 Å². The molecule has 0 aromatic carbocycles. The van der Waals surface area contributed by atoms with Crippen molar-refractivity contribution < 1.29 is 0 Å². The standard InChI is InChI=1S/C17H32/c1-3-5-7-9-15-12-14-17(15,16-10-11-16)13-8-6-4-2/h15-16H,3-14H2,1-2H3. The lowest BCUT2D eigenvalue weighted by Crippen LogP contribution is -2.42. The van der Waals surface area contributed by atoms with Crippen LogP contribution in [0.2, 0.25) is 0 Å². The van der Waals surface area contributed by atoms with Crippen LogP contribution in [0.4, 0.5) is 0 Å². The Morgan fingerprint density at radius 2 is 1.59 bits per heavy atom. The van der Waals surface area contributed by atoms with Gasteiger partial charge in [-0.05, 0) is 55.8 Å². The fourth-order valence-corrected chi connectivity index (χ4v) is 4.22. The average Bonchev–Trinajstić information content (AvgIpc) is 3.13. The summed E-state index contributed by atoms with van der Waals surface area (Å²) in [6.45, 7) is 4.67. The van der Waals surface area contributed by atoms with Crippen LogP contribution in [0.1, 0.15) is 90.9 Å². The molecule has 2 aliphatic rings. The molecular formula is C17H32. The van der Waals surface area contributed by atoms with Crippen LogP contribution < -0.4 is 0 Å². The lowest BCUT2D eigenvalue weighted by Gasteiger charge is -2.51. The van der Waals surface area contributed by atoms with E-state index in [1.807, 2.05) is 0 Å². The van der Waals surface area contributed by atoms with Crippen LogP contribution in [0.5, 0.6) is 0 Å². The quantitative estimate of drug-likeness (QED) is 0.434. The first kappa shape index (κ1) is 13.4. The molecule has 2 aliphatic carbocycles. The third-order valence-electron chi connectivity index (χ3n) is 5.56. The highest BCUT2D eigenvalue weighted by molar-refractivity contribution is 5.04. The maximum atomic E-state index is 2.34. The summed E-state index contributed by atoms with van der Waals surface area (Å²) >= 11 is 0. The molecule has 0 radical (unpaired) electrons. The van der Waals surface area contributed by atoms with E-state index in [-0.39, 0.29) is 0 Å². The minimum Gasteiger partial charge on any atom is -0.0654 e. The van der Waals surface area contributed by atoms with Gasteiger partial charge in [-0.3, -0.25) is 0 Å². The van der Waals surface area contributed by atoms with Gasteiger partial charge in [-0.15, -0.1) is 0 Å². The summed E-state index contributed by atoms with van der Waals surface area (Å²) < 4.78 is 0. The van der Waals surface area contributed by atoms with Gasteiger partial charge in [-0.1, -0.05) is 52.4 Å². The smallest absolute Gasteiger partial charge is 0.0241 e. The lowest BCUT2D eigenvalue weighted by atomic mass is 9.54. The average molecular weight is 236 g/mol. The largest absolute Gasteiger partial charge is 0.0654 e. The van der Waals surface area contributed by atoms with Crippen molar-refractivity contribution in [2.45, 2.75) is 90.9 Å². The molecular weight excluding hydrogens is 204 g/mol. The van der Waals surface area contributed by atoms with Crippen LogP contribution in [-0.4, -0.2) is 0 Å². The summed E-state index contributed by atoms with van der Waals surface area (Å²) in [6, 6.07) is 0. The molecule has 0 aliphatic heterocycles. The molecule has 0 aromatic rings. The van der Waals surface area contributed by atoms with Gasteiger partial charge in [0.15, 0.2) is 0 Å². The van der Waals surface area contributed by atoms with Crippen LogP contribution in [0, 0.1) is 17.3 Å². The molecule has 0 bridgehead atoms.